The topological polar surface area (TPSA) is 89.2 Å². The normalized spacial score (nSPS) is 12.4. The molecular formula is C11H14N4O2S3. The summed E-state index contributed by atoms with van der Waals surface area (Å²) >= 11 is 5.82. The van der Waals surface area contributed by atoms with Crippen molar-refractivity contribution in [2.75, 3.05) is 6.54 Å². The largest absolute Gasteiger partial charge is 0.392 e. The lowest BCUT2D eigenvalue weighted by atomic mass is 10.3. The van der Waals surface area contributed by atoms with Crippen LogP contribution in [-0.4, -0.2) is 39.0 Å². The number of nitrogens with zero attached hydrogens (tertiary/aromatic N) is 3. The molecule has 0 unspecified atom stereocenters. The Kier molecular flexibility index (Phi) is 4.33. The van der Waals surface area contributed by atoms with Gasteiger partial charge in [0.15, 0.2) is 0 Å². The number of benzene rings is 1. The Hall–Kier alpha value is -1.16. The van der Waals surface area contributed by atoms with Gasteiger partial charge in [-0.3, -0.25) is 0 Å². The molecule has 0 aliphatic carbocycles. The third-order valence-corrected chi connectivity index (χ3v) is 5.45. The van der Waals surface area contributed by atoms with Gasteiger partial charge in [0.2, 0.25) is 10.0 Å². The van der Waals surface area contributed by atoms with Crippen LogP contribution < -0.4 is 5.73 Å². The van der Waals surface area contributed by atoms with E-state index in [2.05, 4.69) is 8.75 Å². The van der Waals surface area contributed by atoms with Crippen molar-refractivity contribution in [3.8, 4) is 0 Å². The van der Waals surface area contributed by atoms with Crippen molar-refractivity contribution < 1.29 is 8.42 Å². The number of sulfonamides is 1. The maximum Gasteiger partial charge on any atom is 0.245 e. The van der Waals surface area contributed by atoms with Gasteiger partial charge in [-0.1, -0.05) is 18.3 Å². The van der Waals surface area contributed by atoms with Crippen LogP contribution in [0.2, 0.25) is 0 Å². The molecular weight excluding hydrogens is 316 g/mol. The molecule has 0 saturated heterocycles. The van der Waals surface area contributed by atoms with Crippen LogP contribution in [-0.2, 0) is 10.0 Å². The summed E-state index contributed by atoms with van der Waals surface area (Å²) in [5.74, 6) is 0. The van der Waals surface area contributed by atoms with E-state index in [1.54, 1.807) is 26.0 Å². The Bertz CT molecular complexity index is 739. The number of aromatic nitrogens is 2. The molecule has 0 fully saturated rings. The minimum atomic E-state index is -3.72. The van der Waals surface area contributed by atoms with Crippen molar-refractivity contribution >= 4 is 50.0 Å². The van der Waals surface area contributed by atoms with E-state index in [0.29, 0.717) is 11.0 Å². The first kappa shape index (κ1) is 15.2. The fraction of sp³-hybridized carbons (Fsp3) is 0.364. The SMILES string of the molecule is CC(C)N(CC(N)=S)S(=O)(=O)c1cccc2nsnc12. The van der Waals surface area contributed by atoms with Gasteiger partial charge >= 0.3 is 0 Å². The van der Waals surface area contributed by atoms with Crippen LogP contribution in [0.5, 0.6) is 0 Å². The minimum absolute atomic E-state index is 0.00326. The molecule has 0 aliphatic rings. The summed E-state index contributed by atoms with van der Waals surface area (Å²) in [6.07, 6.45) is 0. The van der Waals surface area contributed by atoms with Crippen LogP contribution >= 0.6 is 23.9 Å². The highest BCUT2D eigenvalue weighted by Crippen LogP contribution is 2.25. The summed E-state index contributed by atoms with van der Waals surface area (Å²) in [7, 11) is -3.72. The van der Waals surface area contributed by atoms with Crippen molar-refractivity contribution in [2.24, 2.45) is 5.73 Å². The quantitative estimate of drug-likeness (QED) is 0.833. The Labute approximate surface area is 127 Å². The van der Waals surface area contributed by atoms with Gasteiger partial charge in [-0.15, -0.1) is 0 Å². The highest BCUT2D eigenvalue weighted by atomic mass is 32.2. The second kappa shape index (κ2) is 5.68. The minimum Gasteiger partial charge on any atom is -0.392 e. The van der Waals surface area contributed by atoms with E-state index in [4.69, 9.17) is 18.0 Å². The average Bonchev–Trinajstić information content (AvgIpc) is 2.82. The molecule has 1 aromatic heterocycles. The van der Waals surface area contributed by atoms with Gasteiger partial charge in [0.05, 0.1) is 23.3 Å². The Balaban J connectivity index is 2.58. The molecule has 2 N–H and O–H groups in total. The lowest BCUT2D eigenvalue weighted by Crippen LogP contribution is -2.42. The maximum absolute atomic E-state index is 12.8. The first-order chi connectivity index (χ1) is 9.34. The number of hydrogen-bond acceptors (Lipinski definition) is 6. The Morgan fingerprint density at radius 2 is 2.15 bits per heavy atom. The van der Waals surface area contributed by atoms with Gasteiger partial charge < -0.3 is 5.73 Å². The zero-order valence-corrected chi connectivity index (χ0v) is 13.4. The fourth-order valence-electron chi connectivity index (χ4n) is 1.81. The van der Waals surface area contributed by atoms with Crippen molar-refractivity contribution in [1.29, 1.82) is 0 Å². The summed E-state index contributed by atoms with van der Waals surface area (Å²) in [4.78, 5) is 0.263. The third-order valence-electron chi connectivity index (χ3n) is 2.72. The van der Waals surface area contributed by atoms with E-state index in [0.717, 1.165) is 11.7 Å². The van der Waals surface area contributed by atoms with Crippen LogP contribution in [0, 0.1) is 0 Å². The fourth-order valence-corrected chi connectivity index (χ4v) is 4.40. The van der Waals surface area contributed by atoms with Crippen LogP contribution in [0.4, 0.5) is 0 Å². The van der Waals surface area contributed by atoms with Gasteiger partial charge in [0.1, 0.15) is 15.9 Å². The van der Waals surface area contributed by atoms with Crippen LogP contribution in [0.15, 0.2) is 23.1 Å². The van der Waals surface area contributed by atoms with Gasteiger partial charge in [0, 0.05) is 6.04 Å². The standard InChI is InChI=1S/C11H14N4O2S3/c1-7(2)15(6-10(12)18)20(16,17)9-5-3-4-8-11(9)14-19-13-8/h3-5,7H,6H2,1-2H3,(H2,12,18). The number of rotatable bonds is 5. The Morgan fingerprint density at radius 1 is 1.45 bits per heavy atom. The summed E-state index contributed by atoms with van der Waals surface area (Å²) in [6.45, 7) is 3.55. The highest BCUT2D eigenvalue weighted by molar-refractivity contribution is 7.89. The average molecular weight is 330 g/mol. The third kappa shape index (κ3) is 2.80. The second-order valence-corrected chi connectivity index (χ2v) is 7.41. The molecule has 0 saturated carbocycles. The summed E-state index contributed by atoms with van der Waals surface area (Å²) in [6, 6.07) is 4.64. The number of nitrogens with two attached hydrogens (primary N) is 1. The van der Waals surface area contributed by atoms with Crippen molar-refractivity contribution in [2.45, 2.75) is 24.8 Å². The molecule has 6 nitrogen and oxygen atoms in total. The van der Waals surface area contributed by atoms with E-state index in [-0.39, 0.29) is 22.5 Å². The maximum atomic E-state index is 12.8. The molecule has 1 heterocycles. The second-order valence-electron chi connectivity index (χ2n) is 4.50. The summed E-state index contributed by atoms with van der Waals surface area (Å²) < 4.78 is 34.9. The number of fused-ring (bicyclic) bond motifs is 1. The van der Waals surface area contributed by atoms with Crippen molar-refractivity contribution in [1.82, 2.24) is 13.1 Å². The van der Waals surface area contributed by atoms with E-state index in [9.17, 15) is 8.42 Å². The van der Waals surface area contributed by atoms with Gasteiger partial charge in [-0.25, -0.2) is 8.42 Å². The molecule has 2 aromatic rings. The lowest BCUT2D eigenvalue weighted by Gasteiger charge is -2.25. The van der Waals surface area contributed by atoms with Gasteiger partial charge in [-0.05, 0) is 26.0 Å². The monoisotopic (exact) mass is 330 g/mol. The van der Waals surface area contributed by atoms with Crippen molar-refractivity contribution in [3.63, 3.8) is 0 Å². The van der Waals surface area contributed by atoms with Crippen LogP contribution in [0.1, 0.15) is 13.8 Å². The first-order valence-electron chi connectivity index (χ1n) is 5.85. The molecule has 1 aromatic carbocycles. The van der Waals surface area contributed by atoms with Gasteiger partial charge in [-0.2, -0.15) is 13.1 Å². The number of thiocarbonyl (C=S) groups is 1. The predicted molar refractivity (Wildman–Crippen MR) is 83.2 cm³/mol. The molecule has 0 amide bonds. The smallest absolute Gasteiger partial charge is 0.245 e. The molecule has 20 heavy (non-hydrogen) atoms. The van der Waals surface area contributed by atoms with E-state index < -0.39 is 10.0 Å². The molecule has 0 atom stereocenters. The van der Waals surface area contributed by atoms with E-state index in [1.165, 1.54) is 10.4 Å². The van der Waals surface area contributed by atoms with E-state index >= 15 is 0 Å². The van der Waals surface area contributed by atoms with Crippen LogP contribution in [0.3, 0.4) is 0 Å². The molecule has 0 spiro atoms. The number of hydrogen-bond donors (Lipinski definition) is 1. The summed E-state index contributed by atoms with van der Waals surface area (Å²) in [5.41, 5.74) is 6.44. The Morgan fingerprint density at radius 3 is 2.75 bits per heavy atom. The van der Waals surface area contributed by atoms with Crippen LogP contribution in [0.25, 0.3) is 11.0 Å². The molecule has 2 rings (SSSR count). The zero-order valence-electron chi connectivity index (χ0n) is 11.0. The summed E-state index contributed by atoms with van der Waals surface area (Å²) in [5, 5.41) is 0. The molecule has 0 bridgehead atoms. The molecule has 108 valence electrons. The molecule has 9 heteroatoms. The predicted octanol–water partition coefficient (Wildman–Crippen LogP) is 1.38. The highest BCUT2D eigenvalue weighted by Gasteiger charge is 2.29. The van der Waals surface area contributed by atoms with Crippen molar-refractivity contribution in [3.05, 3.63) is 18.2 Å². The first-order valence-corrected chi connectivity index (χ1v) is 8.43. The zero-order chi connectivity index (χ0) is 14.9. The van der Waals surface area contributed by atoms with E-state index in [1.807, 2.05) is 0 Å². The molecule has 0 radical (unpaired) electrons. The molecule has 0 aliphatic heterocycles. The lowest BCUT2D eigenvalue weighted by molar-refractivity contribution is 0.391. The van der Waals surface area contributed by atoms with Gasteiger partial charge in [0.25, 0.3) is 0 Å².